The summed E-state index contributed by atoms with van der Waals surface area (Å²) >= 11 is 0. The van der Waals surface area contributed by atoms with E-state index >= 15 is 0 Å². The second kappa shape index (κ2) is 14.8. The molecule has 0 radical (unpaired) electrons. The van der Waals surface area contributed by atoms with Gasteiger partial charge in [0.1, 0.15) is 5.75 Å². The number of benzene rings is 1. The molecule has 0 N–H and O–H groups in total. The smallest absolute Gasteiger partial charge is 0.118 e. The first kappa shape index (κ1) is 25.1. The van der Waals surface area contributed by atoms with Crippen molar-refractivity contribution in [1.82, 2.24) is 4.98 Å². The minimum atomic E-state index is 0.634. The number of rotatable bonds is 15. The van der Waals surface area contributed by atoms with Gasteiger partial charge in [-0.15, -0.1) is 0 Å². The lowest BCUT2D eigenvalue weighted by Crippen LogP contribution is -2.03. The summed E-state index contributed by atoms with van der Waals surface area (Å²) in [5, 5.41) is 0. The van der Waals surface area contributed by atoms with Crippen molar-refractivity contribution < 1.29 is 9.47 Å². The Morgan fingerprint density at radius 3 is 2.42 bits per heavy atom. The number of aromatic nitrogens is 1. The van der Waals surface area contributed by atoms with Crippen molar-refractivity contribution in [3.63, 3.8) is 0 Å². The quantitative estimate of drug-likeness (QED) is 0.276. The van der Waals surface area contributed by atoms with Crippen LogP contribution in [-0.2, 0) is 17.8 Å². The van der Waals surface area contributed by atoms with E-state index in [1.807, 2.05) is 12.1 Å². The third-order valence-corrected chi connectivity index (χ3v) is 5.61. The van der Waals surface area contributed by atoms with Gasteiger partial charge in [0.25, 0.3) is 0 Å². The lowest BCUT2D eigenvalue weighted by molar-refractivity contribution is 0.118. The molecule has 0 spiro atoms. The molecule has 0 bridgehead atoms. The number of pyridine rings is 1. The van der Waals surface area contributed by atoms with E-state index in [0.717, 1.165) is 37.3 Å². The summed E-state index contributed by atoms with van der Waals surface area (Å²) in [4.78, 5) is 4.84. The van der Waals surface area contributed by atoms with Gasteiger partial charge in [-0.1, -0.05) is 63.3 Å². The Kier molecular flexibility index (Phi) is 12.0. The predicted octanol–water partition coefficient (Wildman–Crippen LogP) is 7.62. The maximum atomic E-state index is 5.88. The monoisotopic (exact) mass is 423 g/mol. The van der Waals surface area contributed by atoms with E-state index in [0.29, 0.717) is 6.61 Å². The fraction of sp³-hybridized carbons (Fsp3) is 0.536. The molecule has 0 amide bonds. The van der Waals surface area contributed by atoms with Gasteiger partial charge in [0.2, 0.25) is 0 Å². The van der Waals surface area contributed by atoms with E-state index in [1.54, 1.807) is 7.11 Å². The highest BCUT2D eigenvalue weighted by molar-refractivity contribution is 5.56. The average Bonchev–Trinajstić information content (AvgIpc) is 2.77. The van der Waals surface area contributed by atoms with Crippen LogP contribution in [0.1, 0.15) is 86.4 Å². The van der Waals surface area contributed by atoms with Crippen molar-refractivity contribution in [1.29, 1.82) is 0 Å². The van der Waals surface area contributed by atoms with E-state index in [-0.39, 0.29) is 0 Å². The zero-order chi connectivity index (χ0) is 22.3. The Balaban J connectivity index is 1.78. The van der Waals surface area contributed by atoms with Gasteiger partial charge in [-0.3, -0.25) is 4.98 Å². The van der Waals surface area contributed by atoms with Crippen LogP contribution in [0, 0.1) is 13.8 Å². The zero-order valence-electron chi connectivity index (χ0n) is 20.1. The summed E-state index contributed by atoms with van der Waals surface area (Å²) < 4.78 is 11.1. The molecule has 0 aliphatic rings. The van der Waals surface area contributed by atoms with Gasteiger partial charge in [0, 0.05) is 18.0 Å². The van der Waals surface area contributed by atoms with Crippen LogP contribution in [-0.4, -0.2) is 18.7 Å². The highest BCUT2D eigenvalue weighted by Crippen LogP contribution is 2.19. The first-order chi connectivity index (χ1) is 15.1. The van der Waals surface area contributed by atoms with E-state index in [1.165, 1.54) is 60.9 Å². The van der Waals surface area contributed by atoms with Gasteiger partial charge in [0.15, 0.2) is 0 Å². The Hall–Kier alpha value is -2.13. The topological polar surface area (TPSA) is 31.4 Å². The van der Waals surface area contributed by atoms with Crippen LogP contribution in [0.5, 0.6) is 5.75 Å². The Morgan fingerprint density at radius 2 is 1.68 bits per heavy atom. The lowest BCUT2D eigenvalue weighted by Gasteiger charge is -2.11. The molecule has 1 heterocycles. The number of hydrogen-bond acceptors (Lipinski definition) is 3. The number of ether oxygens (including phenoxy) is 2. The molecule has 3 heteroatoms. The maximum absolute atomic E-state index is 5.88. The van der Waals surface area contributed by atoms with Gasteiger partial charge in [-0.25, -0.2) is 0 Å². The van der Waals surface area contributed by atoms with Crippen LogP contribution in [0.4, 0.5) is 0 Å². The third kappa shape index (κ3) is 9.69. The van der Waals surface area contributed by atoms with Crippen molar-refractivity contribution in [3.8, 4) is 5.75 Å². The molecule has 3 nitrogen and oxygen atoms in total. The molecular weight excluding hydrogens is 382 g/mol. The van der Waals surface area contributed by atoms with Gasteiger partial charge in [-0.05, 0) is 74.4 Å². The summed E-state index contributed by atoms with van der Waals surface area (Å²) in [7, 11) is 1.69. The fourth-order valence-electron chi connectivity index (χ4n) is 3.84. The fourth-order valence-corrected chi connectivity index (χ4v) is 3.84. The molecule has 31 heavy (non-hydrogen) atoms. The third-order valence-electron chi connectivity index (χ3n) is 5.61. The molecule has 170 valence electrons. The summed E-state index contributed by atoms with van der Waals surface area (Å²) in [6.45, 7) is 7.92. The van der Waals surface area contributed by atoms with Gasteiger partial charge in [0.05, 0.1) is 13.7 Å². The summed E-state index contributed by atoms with van der Waals surface area (Å²) in [6.07, 6.45) is 15.8. The number of unbranched alkanes of at least 4 members (excludes halogenated alkanes) is 6. The standard InChI is InChI=1S/C28H41NO2/c1-5-6-7-8-9-10-11-12-14-27-23(2)21-24(3)29-28(27)15-13-20-31-22-25-16-18-26(30-4)19-17-25/h12,14,16-19,21H,5-11,13,15,20,22H2,1-4H3/b14-12-. The number of hydrogen-bond donors (Lipinski definition) is 0. The molecular formula is C28H41NO2. The number of allylic oxidation sites excluding steroid dienone is 1. The molecule has 0 saturated heterocycles. The van der Waals surface area contributed by atoms with E-state index in [9.17, 15) is 0 Å². The molecule has 1 aromatic carbocycles. The summed E-state index contributed by atoms with van der Waals surface area (Å²) in [6, 6.07) is 10.2. The van der Waals surface area contributed by atoms with Gasteiger partial charge in [-0.2, -0.15) is 0 Å². The van der Waals surface area contributed by atoms with E-state index in [2.05, 4.69) is 51.1 Å². The number of nitrogens with zero attached hydrogens (tertiary/aromatic N) is 1. The highest BCUT2D eigenvalue weighted by atomic mass is 16.5. The molecule has 0 aliphatic heterocycles. The minimum absolute atomic E-state index is 0.634. The van der Waals surface area contributed by atoms with Crippen molar-refractivity contribution in [3.05, 3.63) is 64.5 Å². The zero-order valence-corrected chi connectivity index (χ0v) is 20.1. The molecule has 0 unspecified atom stereocenters. The predicted molar refractivity (Wildman–Crippen MR) is 132 cm³/mol. The van der Waals surface area contributed by atoms with Crippen LogP contribution in [0.3, 0.4) is 0 Å². The first-order valence-electron chi connectivity index (χ1n) is 12.0. The molecule has 0 fully saturated rings. The number of methoxy groups -OCH3 is 1. The number of aryl methyl sites for hydroxylation is 3. The second-order valence-electron chi connectivity index (χ2n) is 8.40. The normalized spacial score (nSPS) is 11.4. The maximum Gasteiger partial charge on any atom is 0.118 e. The van der Waals surface area contributed by atoms with Crippen LogP contribution >= 0.6 is 0 Å². The Labute approximate surface area is 189 Å². The van der Waals surface area contributed by atoms with Crippen molar-refractivity contribution in [2.45, 2.75) is 85.2 Å². The SMILES string of the molecule is CCCCCCCC/C=C\c1c(C)cc(C)nc1CCCOCc1ccc(OC)cc1. The van der Waals surface area contributed by atoms with Crippen LogP contribution in [0.15, 0.2) is 36.4 Å². The minimum Gasteiger partial charge on any atom is -0.497 e. The van der Waals surface area contributed by atoms with Crippen molar-refractivity contribution in [2.24, 2.45) is 0 Å². The summed E-state index contributed by atoms with van der Waals surface area (Å²) in [5.74, 6) is 0.877. The second-order valence-corrected chi connectivity index (χ2v) is 8.40. The highest BCUT2D eigenvalue weighted by Gasteiger charge is 2.07. The molecule has 0 atom stereocenters. The lowest BCUT2D eigenvalue weighted by atomic mass is 10.0. The van der Waals surface area contributed by atoms with Gasteiger partial charge < -0.3 is 9.47 Å². The van der Waals surface area contributed by atoms with Crippen molar-refractivity contribution >= 4 is 6.08 Å². The largest absolute Gasteiger partial charge is 0.497 e. The molecule has 0 aliphatic carbocycles. The van der Waals surface area contributed by atoms with E-state index < -0.39 is 0 Å². The summed E-state index contributed by atoms with van der Waals surface area (Å²) in [5.41, 5.74) is 6.08. The molecule has 2 aromatic rings. The van der Waals surface area contributed by atoms with Crippen LogP contribution < -0.4 is 4.74 Å². The van der Waals surface area contributed by atoms with E-state index in [4.69, 9.17) is 14.5 Å². The molecule has 0 saturated carbocycles. The van der Waals surface area contributed by atoms with Gasteiger partial charge >= 0.3 is 0 Å². The molecule has 1 aromatic heterocycles. The first-order valence-corrected chi connectivity index (χ1v) is 12.0. The Morgan fingerprint density at radius 1 is 0.935 bits per heavy atom. The Bertz CT molecular complexity index is 780. The van der Waals surface area contributed by atoms with Crippen LogP contribution in [0.2, 0.25) is 0 Å². The van der Waals surface area contributed by atoms with Crippen LogP contribution in [0.25, 0.3) is 6.08 Å². The average molecular weight is 424 g/mol. The van der Waals surface area contributed by atoms with Crippen molar-refractivity contribution in [2.75, 3.05) is 13.7 Å². The molecule has 2 rings (SSSR count).